The Labute approximate surface area is 209 Å². The van der Waals surface area contributed by atoms with E-state index in [-0.39, 0.29) is 12.1 Å². The molecule has 0 atom stereocenters. The van der Waals surface area contributed by atoms with E-state index in [1.807, 2.05) is 39.0 Å². The van der Waals surface area contributed by atoms with Gasteiger partial charge in [0.1, 0.15) is 5.60 Å². The number of nitrogens with zero attached hydrogens (tertiary/aromatic N) is 1. The van der Waals surface area contributed by atoms with Gasteiger partial charge in [0.15, 0.2) is 0 Å². The number of carbonyl (C=O) groups excluding carboxylic acids is 2. The Bertz CT molecular complexity index is 1160. The zero-order valence-electron chi connectivity index (χ0n) is 20.1. The summed E-state index contributed by atoms with van der Waals surface area (Å²) in [5.41, 5.74) is 7.03. The van der Waals surface area contributed by atoms with Crippen LogP contribution in [0.1, 0.15) is 66.2 Å². The van der Waals surface area contributed by atoms with Crippen molar-refractivity contribution in [1.29, 1.82) is 0 Å². The van der Waals surface area contributed by atoms with Crippen molar-refractivity contribution in [2.45, 2.75) is 45.6 Å². The molecule has 178 valence electrons. The molecule has 0 spiro atoms. The number of carbonyl (C=O) groups is 2. The highest BCUT2D eigenvalue weighted by Crippen LogP contribution is 2.38. The number of ether oxygens (including phenoxy) is 2. The molecule has 0 aromatic heterocycles. The van der Waals surface area contributed by atoms with Crippen LogP contribution in [0.15, 0.2) is 52.5 Å². The molecule has 1 heterocycles. The molecule has 0 saturated carbocycles. The zero-order chi connectivity index (χ0) is 24.5. The van der Waals surface area contributed by atoms with Crippen LogP contribution in [-0.4, -0.2) is 42.8 Å². The summed E-state index contributed by atoms with van der Waals surface area (Å²) in [5, 5.41) is 0. The third-order valence-corrected chi connectivity index (χ3v) is 6.71. The normalized spacial score (nSPS) is 15.8. The van der Waals surface area contributed by atoms with Gasteiger partial charge in [-0.05, 0) is 85.6 Å². The number of esters is 1. The lowest BCUT2D eigenvalue weighted by molar-refractivity contribution is 0.0216. The number of fused-ring (bicyclic) bond motifs is 1. The fourth-order valence-corrected chi connectivity index (χ4v) is 5.00. The highest BCUT2D eigenvalue weighted by molar-refractivity contribution is 9.11. The number of amides is 1. The van der Waals surface area contributed by atoms with E-state index in [4.69, 9.17) is 9.47 Å². The molecule has 2 aliphatic rings. The first-order chi connectivity index (χ1) is 16.1. The van der Waals surface area contributed by atoms with Gasteiger partial charge in [0.2, 0.25) is 0 Å². The number of hydrogen-bond donors (Lipinski definition) is 0. The molecule has 0 bridgehead atoms. The molecule has 2 aromatic carbocycles. The Morgan fingerprint density at radius 2 is 1.74 bits per heavy atom. The number of methoxy groups -OCH3 is 1. The average Bonchev–Trinajstić information content (AvgIpc) is 2.92. The summed E-state index contributed by atoms with van der Waals surface area (Å²) < 4.78 is 11.5. The summed E-state index contributed by atoms with van der Waals surface area (Å²) in [5.74, 6) is -0.310. The molecule has 0 N–H and O–H groups in total. The van der Waals surface area contributed by atoms with E-state index >= 15 is 0 Å². The molecule has 4 rings (SSSR count). The van der Waals surface area contributed by atoms with Crippen LogP contribution in [0, 0.1) is 0 Å². The lowest BCUT2D eigenvalue weighted by atomic mass is 9.92. The lowest BCUT2D eigenvalue weighted by Gasteiger charge is -2.35. The van der Waals surface area contributed by atoms with E-state index in [9.17, 15) is 9.59 Å². The monoisotopic (exact) mass is 523 g/mol. The first-order valence-corrected chi connectivity index (χ1v) is 12.3. The minimum atomic E-state index is -0.479. The van der Waals surface area contributed by atoms with Crippen molar-refractivity contribution < 1.29 is 19.1 Å². The van der Waals surface area contributed by atoms with E-state index in [2.05, 4.69) is 46.3 Å². The topological polar surface area (TPSA) is 55.8 Å². The van der Waals surface area contributed by atoms with Crippen molar-refractivity contribution in [2.24, 2.45) is 0 Å². The van der Waals surface area contributed by atoms with Crippen LogP contribution in [0.3, 0.4) is 0 Å². The van der Waals surface area contributed by atoms with Crippen LogP contribution in [0.5, 0.6) is 0 Å². The van der Waals surface area contributed by atoms with E-state index < -0.39 is 5.60 Å². The molecule has 34 heavy (non-hydrogen) atoms. The first kappa shape index (κ1) is 24.3. The Hall–Kier alpha value is -2.86. The predicted molar refractivity (Wildman–Crippen MR) is 138 cm³/mol. The van der Waals surface area contributed by atoms with Crippen LogP contribution in [0.4, 0.5) is 4.79 Å². The number of rotatable bonds is 3. The lowest BCUT2D eigenvalue weighted by Crippen LogP contribution is -2.46. The number of benzene rings is 2. The van der Waals surface area contributed by atoms with Gasteiger partial charge in [-0.15, -0.1) is 0 Å². The first-order valence-electron chi connectivity index (χ1n) is 11.5. The molecule has 0 unspecified atom stereocenters. The van der Waals surface area contributed by atoms with Gasteiger partial charge < -0.3 is 14.4 Å². The summed E-state index contributed by atoms with van der Waals surface area (Å²) in [6.07, 6.45) is 4.75. The molecule has 1 saturated heterocycles. The van der Waals surface area contributed by atoms with Crippen LogP contribution >= 0.6 is 15.9 Å². The van der Waals surface area contributed by atoms with Crippen molar-refractivity contribution in [3.8, 4) is 0 Å². The number of halogens is 1. The minimum Gasteiger partial charge on any atom is -0.465 e. The van der Waals surface area contributed by atoms with Gasteiger partial charge in [-0.2, -0.15) is 0 Å². The summed E-state index contributed by atoms with van der Waals surface area (Å²) in [6.45, 7) is 6.83. The highest BCUT2D eigenvalue weighted by atomic mass is 79.9. The average molecular weight is 524 g/mol. The maximum Gasteiger partial charge on any atom is 0.410 e. The van der Waals surface area contributed by atoms with Crippen molar-refractivity contribution >= 4 is 39.6 Å². The Morgan fingerprint density at radius 1 is 1.03 bits per heavy atom. The molecule has 6 heteroatoms. The molecular weight excluding hydrogens is 494 g/mol. The maximum atomic E-state index is 12.1. The van der Waals surface area contributed by atoms with Crippen LogP contribution in [0.25, 0.3) is 11.6 Å². The second-order valence-electron chi connectivity index (χ2n) is 9.76. The highest BCUT2D eigenvalue weighted by Gasteiger charge is 2.29. The van der Waals surface area contributed by atoms with Gasteiger partial charge in [-0.1, -0.05) is 52.3 Å². The summed E-state index contributed by atoms with van der Waals surface area (Å²) in [6, 6.07) is 14.3. The van der Waals surface area contributed by atoms with Gasteiger partial charge in [-0.25, -0.2) is 9.59 Å². The van der Waals surface area contributed by atoms with Gasteiger partial charge in [0.25, 0.3) is 0 Å². The van der Waals surface area contributed by atoms with Crippen molar-refractivity contribution in [3.05, 3.63) is 80.3 Å². The summed E-state index contributed by atoms with van der Waals surface area (Å²) >= 11 is 3.82. The number of hydrogen-bond acceptors (Lipinski definition) is 4. The molecular formula is C28H30BrNO4. The molecule has 1 aliphatic heterocycles. The largest absolute Gasteiger partial charge is 0.465 e. The second kappa shape index (κ2) is 9.79. The zero-order valence-corrected chi connectivity index (χ0v) is 21.7. The SMILES string of the molecule is COC(=O)c1ccc2c(c1)CCCC(Br)=C2c1ccc(C=C2CN(C(=O)OC(C)(C)C)C2)cc1. The van der Waals surface area contributed by atoms with Crippen LogP contribution < -0.4 is 0 Å². The molecule has 1 fully saturated rings. The van der Waals surface area contributed by atoms with Crippen LogP contribution in [-0.2, 0) is 15.9 Å². The van der Waals surface area contributed by atoms with Crippen LogP contribution in [0.2, 0.25) is 0 Å². The fourth-order valence-electron chi connectivity index (χ4n) is 4.28. The number of likely N-dealkylation sites (tertiary alicyclic amines) is 1. The van der Waals surface area contributed by atoms with Gasteiger partial charge in [-0.3, -0.25) is 0 Å². The molecule has 1 amide bonds. The second-order valence-corrected chi connectivity index (χ2v) is 10.7. The molecule has 1 aliphatic carbocycles. The number of allylic oxidation sites excluding steroid dienone is 1. The van der Waals surface area contributed by atoms with E-state index in [0.29, 0.717) is 18.7 Å². The molecule has 0 radical (unpaired) electrons. The minimum absolute atomic E-state index is 0.265. The third kappa shape index (κ3) is 5.44. The smallest absolute Gasteiger partial charge is 0.410 e. The Kier molecular flexibility index (Phi) is 6.99. The fraction of sp³-hybridized carbons (Fsp3) is 0.357. The van der Waals surface area contributed by atoms with E-state index in [1.165, 1.54) is 22.7 Å². The van der Waals surface area contributed by atoms with E-state index in [1.54, 1.807) is 4.90 Å². The maximum absolute atomic E-state index is 12.1. The number of aryl methyl sites for hydroxylation is 1. The van der Waals surface area contributed by atoms with Gasteiger partial charge >= 0.3 is 12.1 Å². The standard InChI is InChI=1S/C28H30BrNO4/c1-28(2,3)34-27(32)30-16-19(17-30)14-18-8-10-20(11-9-18)25-23-13-12-22(26(31)33-4)15-21(23)6-5-7-24(25)29/h8-15H,5-7,16-17H2,1-4H3. The Morgan fingerprint density at radius 3 is 2.38 bits per heavy atom. The quantitative estimate of drug-likeness (QED) is 0.425. The van der Waals surface area contributed by atoms with Crippen molar-refractivity contribution in [2.75, 3.05) is 20.2 Å². The molecule has 2 aromatic rings. The van der Waals surface area contributed by atoms with Crippen molar-refractivity contribution in [3.63, 3.8) is 0 Å². The third-order valence-electron chi connectivity index (χ3n) is 5.92. The van der Waals surface area contributed by atoms with Crippen molar-refractivity contribution in [1.82, 2.24) is 4.90 Å². The van der Waals surface area contributed by atoms with Gasteiger partial charge in [0, 0.05) is 17.6 Å². The Balaban J connectivity index is 1.52. The van der Waals surface area contributed by atoms with Gasteiger partial charge in [0.05, 0.1) is 12.7 Å². The molecule has 5 nitrogen and oxygen atoms in total. The van der Waals surface area contributed by atoms with E-state index in [0.717, 1.165) is 41.5 Å². The predicted octanol–water partition coefficient (Wildman–Crippen LogP) is 6.60. The summed E-state index contributed by atoms with van der Waals surface area (Å²) in [7, 11) is 1.41. The summed E-state index contributed by atoms with van der Waals surface area (Å²) in [4.78, 5) is 25.8.